The van der Waals surface area contributed by atoms with Gasteiger partial charge in [-0.3, -0.25) is 14.5 Å². The molecular weight excluding hydrogens is 407 g/mol. The topological polar surface area (TPSA) is 61.4 Å². The van der Waals surface area contributed by atoms with Gasteiger partial charge in [0.25, 0.3) is 5.91 Å². The molecule has 0 aromatic heterocycles. The second-order valence-electron chi connectivity index (χ2n) is 7.91. The predicted octanol–water partition coefficient (Wildman–Crippen LogP) is 4.50. The van der Waals surface area contributed by atoms with Crippen LogP contribution in [0.4, 0.5) is 24.5 Å². The van der Waals surface area contributed by atoms with E-state index in [1.807, 2.05) is 6.92 Å². The van der Waals surface area contributed by atoms with Crippen molar-refractivity contribution in [2.75, 3.05) is 11.4 Å². The molecule has 162 valence electrons. The minimum atomic E-state index is -4.52. The minimum absolute atomic E-state index is 0.0460. The number of hydrogen-bond acceptors (Lipinski definition) is 4. The third-order valence-corrected chi connectivity index (χ3v) is 5.74. The Labute approximate surface area is 177 Å². The van der Waals surface area contributed by atoms with Crippen molar-refractivity contribution in [3.8, 4) is 0 Å². The number of rotatable bonds is 5. The number of allylic oxidation sites excluding steroid dienone is 1. The first kappa shape index (κ1) is 21.1. The van der Waals surface area contributed by atoms with Crippen LogP contribution >= 0.6 is 0 Å². The Hall–Kier alpha value is -3.13. The third-order valence-electron chi connectivity index (χ3n) is 5.74. The molecule has 8 heteroatoms. The molecule has 1 atom stereocenters. The van der Waals surface area contributed by atoms with Crippen LogP contribution in [0.3, 0.4) is 0 Å². The van der Waals surface area contributed by atoms with E-state index in [1.54, 1.807) is 31.2 Å². The largest absolute Gasteiger partial charge is 0.416 e. The number of carbonyl (C=O) groups excluding carboxylic acids is 2. The molecule has 1 heterocycles. The summed E-state index contributed by atoms with van der Waals surface area (Å²) in [6.07, 6.45) is -3.11. The highest BCUT2D eigenvalue weighted by molar-refractivity contribution is 6.35. The molecule has 1 aliphatic heterocycles. The number of fused-ring (bicyclic) bond motifs is 1. The first-order valence-corrected chi connectivity index (χ1v) is 10.0. The number of amides is 1. The number of alkyl halides is 3. The first-order valence-electron chi connectivity index (χ1n) is 10.0. The number of halogens is 3. The third kappa shape index (κ3) is 3.95. The molecular formula is C23H22F3N3O2. The molecule has 1 amide bonds. The van der Waals surface area contributed by atoms with Crippen molar-refractivity contribution in [2.45, 2.75) is 32.9 Å². The predicted molar refractivity (Wildman–Crippen MR) is 111 cm³/mol. The van der Waals surface area contributed by atoms with Crippen molar-refractivity contribution in [1.82, 2.24) is 10.9 Å². The number of ketones is 1. The summed E-state index contributed by atoms with van der Waals surface area (Å²) < 4.78 is 40.0. The average molecular weight is 429 g/mol. The molecule has 0 radical (unpaired) electrons. The van der Waals surface area contributed by atoms with Gasteiger partial charge in [-0.1, -0.05) is 23.8 Å². The second-order valence-corrected chi connectivity index (χ2v) is 7.91. The Morgan fingerprint density at radius 1 is 1.13 bits per heavy atom. The molecule has 31 heavy (non-hydrogen) atoms. The number of carbonyl (C=O) groups is 2. The highest BCUT2D eigenvalue weighted by atomic mass is 19.4. The molecule has 1 aliphatic carbocycles. The summed E-state index contributed by atoms with van der Waals surface area (Å²) >= 11 is 0. The molecule has 0 spiro atoms. The summed E-state index contributed by atoms with van der Waals surface area (Å²) in [5, 5.41) is 0. The summed E-state index contributed by atoms with van der Waals surface area (Å²) in [5.74, 6) is -0.257. The van der Waals surface area contributed by atoms with E-state index >= 15 is 0 Å². The highest BCUT2D eigenvalue weighted by Gasteiger charge is 2.39. The van der Waals surface area contributed by atoms with Crippen molar-refractivity contribution in [3.05, 3.63) is 64.9 Å². The number of aryl methyl sites for hydroxylation is 1. The Bertz CT molecular complexity index is 1070. The first-order chi connectivity index (χ1) is 14.7. The maximum atomic E-state index is 13.3. The van der Waals surface area contributed by atoms with E-state index < -0.39 is 17.6 Å². The maximum Gasteiger partial charge on any atom is 0.416 e. The molecule has 5 nitrogen and oxygen atoms in total. The number of nitrogens with zero attached hydrogens (tertiary/aromatic N) is 1. The molecule has 0 saturated heterocycles. The summed E-state index contributed by atoms with van der Waals surface area (Å²) in [4.78, 5) is 26.1. The zero-order valence-electron chi connectivity index (χ0n) is 17.1. The number of hydrazine groups is 1. The van der Waals surface area contributed by atoms with Crippen LogP contribution in [0.1, 0.15) is 36.5 Å². The zero-order chi connectivity index (χ0) is 22.3. The monoisotopic (exact) mass is 429 g/mol. The van der Waals surface area contributed by atoms with Crippen molar-refractivity contribution in [1.29, 1.82) is 0 Å². The fourth-order valence-electron chi connectivity index (χ4n) is 3.80. The summed E-state index contributed by atoms with van der Waals surface area (Å²) in [7, 11) is 0. The van der Waals surface area contributed by atoms with Crippen LogP contribution in [0, 0.1) is 12.8 Å². The van der Waals surface area contributed by atoms with Crippen LogP contribution in [0.5, 0.6) is 0 Å². The Morgan fingerprint density at radius 2 is 1.84 bits per heavy atom. The molecule has 1 saturated carbocycles. The Balaban J connectivity index is 1.71. The molecule has 2 aromatic rings. The van der Waals surface area contributed by atoms with Gasteiger partial charge in [-0.25, -0.2) is 5.43 Å². The fourth-order valence-corrected chi connectivity index (χ4v) is 3.80. The van der Waals surface area contributed by atoms with Crippen molar-refractivity contribution in [2.24, 2.45) is 5.92 Å². The molecule has 0 bridgehead atoms. The quantitative estimate of drug-likeness (QED) is 0.543. The van der Waals surface area contributed by atoms with Gasteiger partial charge in [0.05, 0.1) is 16.8 Å². The molecule has 2 aromatic carbocycles. The van der Waals surface area contributed by atoms with E-state index in [2.05, 4.69) is 10.9 Å². The van der Waals surface area contributed by atoms with Crippen LogP contribution in [0.25, 0.3) is 5.57 Å². The lowest BCUT2D eigenvalue weighted by atomic mass is 9.84. The van der Waals surface area contributed by atoms with Crippen LogP contribution in [-0.4, -0.2) is 18.2 Å². The Kier molecular flexibility index (Phi) is 5.35. The molecule has 4 rings (SSSR count). The van der Waals surface area contributed by atoms with Crippen LogP contribution in [-0.2, 0) is 15.8 Å². The number of anilines is 2. The zero-order valence-corrected chi connectivity index (χ0v) is 17.1. The van der Waals surface area contributed by atoms with E-state index in [9.17, 15) is 22.8 Å². The number of benzene rings is 2. The van der Waals surface area contributed by atoms with E-state index in [1.165, 1.54) is 11.0 Å². The summed E-state index contributed by atoms with van der Waals surface area (Å²) in [6, 6.07) is 10.4. The van der Waals surface area contributed by atoms with Crippen LogP contribution in [0.15, 0.2) is 48.2 Å². The van der Waals surface area contributed by atoms with Gasteiger partial charge in [0.2, 0.25) is 0 Å². The van der Waals surface area contributed by atoms with Gasteiger partial charge in [-0.05, 0) is 44.5 Å². The maximum absolute atomic E-state index is 13.3. The van der Waals surface area contributed by atoms with Gasteiger partial charge in [-0.15, -0.1) is 0 Å². The summed E-state index contributed by atoms with van der Waals surface area (Å²) in [6.45, 7) is 4.01. The molecule has 2 aliphatic rings. The number of nitrogens with one attached hydrogen (secondary N) is 2. The number of Topliss-reactive ketones (excluding diaryl/α,β-unsaturated/α-hetero) is 1. The Morgan fingerprint density at radius 3 is 2.42 bits per heavy atom. The van der Waals surface area contributed by atoms with Crippen LogP contribution < -0.4 is 15.8 Å². The number of hydrogen-bond donors (Lipinski definition) is 2. The van der Waals surface area contributed by atoms with Gasteiger partial charge < -0.3 is 5.43 Å². The minimum Gasteiger partial charge on any atom is -0.325 e. The molecule has 1 fully saturated rings. The lowest BCUT2D eigenvalue weighted by Crippen LogP contribution is -2.41. The van der Waals surface area contributed by atoms with Gasteiger partial charge in [0.15, 0.2) is 0 Å². The van der Waals surface area contributed by atoms with Gasteiger partial charge in [-0.2, -0.15) is 13.2 Å². The normalized spacial score (nSPS) is 19.9. The van der Waals surface area contributed by atoms with Gasteiger partial charge in [0, 0.05) is 35.8 Å². The second kappa shape index (κ2) is 7.85. The van der Waals surface area contributed by atoms with Gasteiger partial charge in [0.1, 0.15) is 5.78 Å². The van der Waals surface area contributed by atoms with E-state index in [4.69, 9.17) is 0 Å². The molecule has 1 unspecified atom stereocenters. The van der Waals surface area contributed by atoms with Crippen LogP contribution in [0.2, 0.25) is 0 Å². The highest BCUT2D eigenvalue weighted by Crippen LogP contribution is 2.45. The SMILES string of the molecule is C/C(NNCC1CCC1=O)=C1/C(=O)N(c2ccc(C)cc2)c2cc(C(F)(F)F)ccc21. The average Bonchev–Trinajstić information content (AvgIpc) is 3.01. The van der Waals surface area contributed by atoms with E-state index in [0.29, 0.717) is 29.9 Å². The van der Waals surface area contributed by atoms with E-state index in [-0.39, 0.29) is 23.0 Å². The molecule has 2 N–H and O–H groups in total. The lowest BCUT2D eigenvalue weighted by Gasteiger charge is -2.24. The van der Waals surface area contributed by atoms with Crippen molar-refractivity contribution < 1.29 is 22.8 Å². The standard InChI is InChI=1S/C23H22F3N3O2/c1-13-3-7-17(8-4-13)29-19-11-16(23(24,25)26)6-9-18(19)21(22(29)31)14(2)28-27-12-15-5-10-20(15)30/h3-4,6-9,11,15,27-28H,5,10,12H2,1-2H3/b21-14-. The fraction of sp³-hybridized carbons (Fsp3) is 0.304. The van der Waals surface area contributed by atoms with Crippen molar-refractivity contribution >= 4 is 28.6 Å². The smallest absolute Gasteiger partial charge is 0.325 e. The van der Waals surface area contributed by atoms with Crippen molar-refractivity contribution in [3.63, 3.8) is 0 Å². The van der Waals surface area contributed by atoms with E-state index in [0.717, 1.165) is 24.1 Å². The lowest BCUT2D eigenvalue weighted by molar-refractivity contribution is -0.137. The van der Waals surface area contributed by atoms with Gasteiger partial charge >= 0.3 is 6.18 Å². The summed E-state index contributed by atoms with van der Waals surface area (Å²) in [5.41, 5.74) is 7.94.